The van der Waals surface area contributed by atoms with Gasteiger partial charge in [0.25, 0.3) is 0 Å². The Balaban J connectivity index is 2.16. The fourth-order valence-electron chi connectivity index (χ4n) is 2.22. The van der Waals surface area contributed by atoms with Crippen molar-refractivity contribution in [3.8, 4) is 5.75 Å². The molecule has 0 aliphatic heterocycles. The molecular weight excluding hydrogens is 351 g/mol. The molecule has 0 heterocycles. The number of hydrogen-bond acceptors (Lipinski definition) is 4. The largest absolute Gasteiger partial charge is 0.740 e. The maximum atomic E-state index is 12.8. The fourth-order valence-corrected chi connectivity index (χ4v) is 4.15. The summed E-state index contributed by atoms with van der Waals surface area (Å²) in [4.78, 5) is 0.557. The molecular formula is C19H25AlO4S. The Morgan fingerprint density at radius 3 is 1.80 bits per heavy atom. The zero-order valence-corrected chi connectivity index (χ0v) is 17.7. The van der Waals surface area contributed by atoms with Gasteiger partial charge < -0.3 is 7.58 Å². The second-order valence-electron chi connectivity index (χ2n) is 7.23. The first kappa shape index (κ1) is 20.0. The number of benzene rings is 2. The molecule has 0 unspecified atom stereocenters. The van der Waals surface area contributed by atoms with E-state index in [-0.39, 0.29) is 16.4 Å². The predicted octanol–water partition coefficient (Wildman–Crippen LogP) is 3.89. The number of hydrogen-bond donors (Lipinski definition) is 0. The minimum Gasteiger partial charge on any atom is -0.624 e. The summed E-state index contributed by atoms with van der Waals surface area (Å²) in [6.07, 6.45) is 0.141. The van der Waals surface area contributed by atoms with E-state index >= 15 is 0 Å². The van der Waals surface area contributed by atoms with Gasteiger partial charge in [-0.15, -0.1) is 0 Å². The molecule has 0 fully saturated rings. The summed E-state index contributed by atoms with van der Waals surface area (Å²) in [5.41, 5.74) is 1.09. The topological polar surface area (TPSA) is 52.6 Å². The van der Waals surface area contributed by atoms with Crippen LogP contribution in [0.15, 0.2) is 58.3 Å². The zero-order valence-electron chi connectivity index (χ0n) is 15.4. The highest BCUT2D eigenvalue weighted by molar-refractivity contribution is 7.91. The Morgan fingerprint density at radius 2 is 1.36 bits per heavy atom. The van der Waals surface area contributed by atoms with Gasteiger partial charge in [-0.2, -0.15) is 0 Å². The molecule has 25 heavy (non-hydrogen) atoms. The van der Waals surface area contributed by atoms with Crippen LogP contribution in [0.4, 0.5) is 0 Å². The Hall–Kier alpha value is -1.32. The monoisotopic (exact) mass is 376 g/mol. The molecule has 2 rings (SSSR count). The molecule has 134 valence electrons. The van der Waals surface area contributed by atoms with Crippen molar-refractivity contribution in [2.75, 3.05) is 0 Å². The van der Waals surface area contributed by atoms with Gasteiger partial charge in [0.2, 0.25) is 9.84 Å². The van der Waals surface area contributed by atoms with E-state index in [9.17, 15) is 8.42 Å². The number of rotatable bonds is 6. The van der Waals surface area contributed by atoms with Crippen molar-refractivity contribution in [2.45, 2.75) is 55.9 Å². The Kier molecular flexibility index (Phi) is 6.34. The van der Waals surface area contributed by atoms with Crippen LogP contribution < -0.4 is 3.79 Å². The average molecular weight is 376 g/mol. The highest BCUT2D eigenvalue weighted by Gasteiger charge is 2.19. The van der Waals surface area contributed by atoms with E-state index in [1.165, 1.54) is 0 Å². The predicted molar refractivity (Wildman–Crippen MR) is 101 cm³/mol. The highest BCUT2D eigenvalue weighted by atomic mass is 32.2. The minimum atomic E-state index is -3.53. The van der Waals surface area contributed by atoms with E-state index in [0.717, 1.165) is 5.56 Å². The Morgan fingerprint density at radius 1 is 0.880 bits per heavy atom. The zero-order chi connectivity index (χ0) is 18.7. The van der Waals surface area contributed by atoms with E-state index in [1.807, 2.05) is 26.0 Å². The van der Waals surface area contributed by atoms with Crippen LogP contribution in [0.2, 0.25) is 0 Å². The van der Waals surface area contributed by atoms with Gasteiger partial charge in [-0.1, -0.05) is 32.9 Å². The minimum absolute atomic E-state index is 0.0107. The SMILES string of the molecule is CC(C)[O][AlH][O]c1ccc(S(=O)(=O)c2ccc(C(C)(C)C)cc2)cc1. The van der Waals surface area contributed by atoms with E-state index in [0.29, 0.717) is 10.6 Å². The lowest BCUT2D eigenvalue weighted by atomic mass is 9.87. The van der Waals surface area contributed by atoms with E-state index in [1.54, 1.807) is 36.4 Å². The molecule has 0 aliphatic rings. The van der Waals surface area contributed by atoms with Crippen molar-refractivity contribution in [3.63, 3.8) is 0 Å². The molecule has 6 heteroatoms. The lowest BCUT2D eigenvalue weighted by Crippen LogP contribution is -2.13. The van der Waals surface area contributed by atoms with Crippen LogP contribution in [0.5, 0.6) is 5.75 Å². The lowest BCUT2D eigenvalue weighted by Gasteiger charge is -2.19. The molecule has 4 nitrogen and oxygen atoms in total. The highest BCUT2D eigenvalue weighted by Crippen LogP contribution is 2.27. The van der Waals surface area contributed by atoms with Crippen molar-refractivity contribution in [2.24, 2.45) is 0 Å². The third-order valence-electron chi connectivity index (χ3n) is 3.79. The summed E-state index contributed by atoms with van der Waals surface area (Å²) in [6.45, 7) is 10.2. The second kappa shape index (κ2) is 7.92. The molecule has 0 N–H and O–H groups in total. The summed E-state index contributed by atoms with van der Waals surface area (Å²) in [7, 11) is -3.53. The summed E-state index contributed by atoms with van der Waals surface area (Å²) < 4.78 is 36.5. The molecule has 0 saturated carbocycles. The summed E-state index contributed by atoms with van der Waals surface area (Å²) in [6, 6.07) is 13.6. The van der Waals surface area contributed by atoms with Crippen molar-refractivity contribution in [3.05, 3.63) is 54.1 Å². The lowest BCUT2D eigenvalue weighted by molar-refractivity contribution is 0.223. The maximum absolute atomic E-state index is 12.8. The van der Waals surface area contributed by atoms with Gasteiger partial charge in [-0.25, -0.2) is 8.42 Å². The first-order valence-corrected chi connectivity index (χ1v) is 10.9. The molecule has 0 amide bonds. The van der Waals surface area contributed by atoms with Gasteiger partial charge in [-0.3, -0.25) is 0 Å². The standard InChI is InChI=1S/C16H18O3S.C3H7O.Al.H/c1-16(2,3)12-4-8-14(9-5-12)20(18,19)15-10-6-13(17)7-11-15;1-3(2)4;;/h4-11,17H,1-3H3;3H,1-2H3;;/q;-1;+2;/p-1. The third kappa shape index (κ3) is 5.33. The van der Waals surface area contributed by atoms with Crippen molar-refractivity contribution in [1.29, 1.82) is 0 Å². The van der Waals surface area contributed by atoms with Crippen LogP contribution in [0.3, 0.4) is 0 Å². The molecule has 0 saturated heterocycles. The molecule has 0 spiro atoms. The Bertz CT molecular complexity index is 789. The summed E-state index contributed by atoms with van der Waals surface area (Å²) in [5.74, 6) is 0.634. The normalized spacial score (nSPS) is 12.2. The number of sulfone groups is 1. The second-order valence-corrected chi connectivity index (χ2v) is 10.0. The van der Waals surface area contributed by atoms with Crippen LogP contribution in [0.1, 0.15) is 40.2 Å². The molecule has 2 aromatic rings. The van der Waals surface area contributed by atoms with Crippen LogP contribution in [-0.2, 0) is 19.0 Å². The van der Waals surface area contributed by atoms with E-state index in [2.05, 4.69) is 20.8 Å². The summed E-state index contributed by atoms with van der Waals surface area (Å²) in [5, 5.41) is 0. The van der Waals surface area contributed by atoms with Crippen molar-refractivity contribution < 1.29 is 16.0 Å². The smallest absolute Gasteiger partial charge is 0.624 e. The van der Waals surface area contributed by atoms with Gasteiger partial charge in [0.15, 0.2) is 0 Å². The average Bonchev–Trinajstić information content (AvgIpc) is 2.54. The van der Waals surface area contributed by atoms with Crippen LogP contribution in [0.25, 0.3) is 0 Å². The molecule has 2 aromatic carbocycles. The van der Waals surface area contributed by atoms with E-state index < -0.39 is 25.7 Å². The van der Waals surface area contributed by atoms with Gasteiger partial charge in [0.05, 0.1) is 15.5 Å². The first-order valence-electron chi connectivity index (χ1n) is 8.31. The summed E-state index contributed by atoms with van der Waals surface area (Å²) >= 11 is -1.10. The molecule has 0 radical (unpaired) electrons. The Labute approximate surface area is 157 Å². The molecule has 0 bridgehead atoms. The van der Waals surface area contributed by atoms with Gasteiger partial charge in [-0.05, 0) is 61.2 Å². The van der Waals surface area contributed by atoms with E-state index in [4.69, 9.17) is 7.58 Å². The molecule has 0 aliphatic carbocycles. The first-order chi connectivity index (χ1) is 11.6. The van der Waals surface area contributed by atoms with Crippen molar-refractivity contribution >= 4 is 25.7 Å². The quantitative estimate of drug-likeness (QED) is 0.718. The van der Waals surface area contributed by atoms with Gasteiger partial charge in [0.1, 0.15) is 0 Å². The molecule has 0 aromatic heterocycles. The van der Waals surface area contributed by atoms with Gasteiger partial charge >= 0.3 is 15.9 Å². The maximum Gasteiger partial charge on any atom is 0.740 e. The van der Waals surface area contributed by atoms with Crippen LogP contribution >= 0.6 is 0 Å². The fraction of sp³-hybridized carbons (Fsp3) is 0.368. The van der Waals surface area contributed by atoms with Crippen LogP contribution in [0, 0.1) is 0 Å². The van der Waals surface area contributed by atoms with Gasteiger partial charge in [0, 0.05) is 6.10 Å². The van der Waals surface area contributed by atoms with Crippen LogP contribution in [-0.4, -0.2) is 30.4 Å². The third-order valence-corrected chi connectivity index (χ3v) is 6.83. The van der Waals surface area contributed by atoms with Crippen molar-refractivity contribution in [1.82, 2.24) is 0 Å². The molecule has 0 atom stereocenters.